The second-order valence-electron chi connectivity index (χ2n) is 6.07. The van der Waals surface area contributed by atoms with Crippen LogP contribution >= 0.6 is 0 Å². The number of nitrogens with zero attached hydrogens (tertiary/aromatic N) is 3. The van der Waals surface area contributed by atoms with Gasteiger partial charge in [-0.3, -0.25) is 19.4 Å². The molecule has 0 unspecified atom stereocenters. The van der Waals surface area contributed by atoms with E-state index in [2.05, 4.69) is 10.3 Å². The van der Waals surface area contributed by atoms with E-state index in [0.29, 0.717) is 12.3 Å². The fourth-order valence-electron chi connectivity index (χ4n) is 2.95. The average molecular weight is 371 g/mol. The van der Waals surface area contributed by atoms with Gasteiger partial charge in [-0.15, -0.1) is 0 Å². The number of fused-ring (bicyclic) bond motifs is 2. The molecule has 0 spiro atoms. The van der Waals surface area contributed by atoms with Crippen molar-refractivity contribution in [1.29, 1.82) is 5.41 Å². The summed E-state index contributed by atoms with van der Waals surface area (Å²) in [6, 6.07) is 4.97. The minimum absolute atomic E-state index is 0.0403. The first-order chi connectivity index (χ1) is 13.0. The Kier molecular flexibility index (Phi) is 5.33. The molecule has 0 atom stereocenters. The van der Waals surface area contributed by atoms with Gasteiger partial charge in [0.25, 0.3) is 11.5 Å². The van der Waals surface area contributed by atoms with E-state index in [1.807, 2.05) is 13.0 Å². The number of hydrogen-bond donors (Lipinski definition) is 3. The first-order valence-corrected chi connectivity index (χ1v) is 8.47. The highest BCUT2D eigenvalue weighted by atomic mass is 16.5. The Balaban J connectivity index is 2.31. The maximum absolute atomic E-state index is 13.0. The highest BCUT2D eigenvalue weighted by molar-refractivity contribution is 5.96. The van der Waals surface area contributed by atoms with Crippen molar-refractivity contribution in [2.24, 2.45) is 0 Å². The Bertz CT molecular complexity index is 1130. The first-order valence-electron chi connectivity index (χ1n) is 8.47. The van der Waals surface area contributed by atoms with Crippen LogP contribution in [0, 0.1) is 12.3 Å². The molecule has 9 heteroatoms. The van der Waals surface area contributed by atoms with Gasteiger partial charge < -0.3 is 19.7 Å². The number of aliphatic hydroxyl groups excluding tert-OH is 1. The SMILES string of the molecule is COCCNC(=O)c1cc2c(=O)n3cccc(C)c3nc2n(CCO)c1=N. The second-order valence-corrected chi connectivity index (χ2v) is 6.07. The van der Waals surface area contributed by atoms with E-state index in [-0.39, 0.29) is 47.3 Å². The fourth-order valence-corrected chi connectivity index (χ4v) is 2.95. The van der Waals surface area contributed by atoms with Crippen LogP contribution in [0.4, 0.5) is 0 Å². The topological polar surface area (TPSA) is 122 Å². The van der Waals surface area contributed by atoms with Crippen LogP contribution in [-0.4, -0.2) is 51.8 Å². The monoisotopic (exact) mass is 371 g/mol. The lowest BCUT2D eigenvalue weighted by atomic mass is 10.2. The molecule has 0 bridgehead atoms. The molecule has 3 rings (SSSR count). The lowest BCUT2D eigenvalue weighted by Crippen LogP contribution is -2.36. The lowest BCUT2D eigenvalue weighted by Gasteiger charge is -2.14. The van der Waals surface area contributed by atoms with Gasteiger partial charge in [0.2, 0.25) is 0 Å². The van der Waals surface area contributed by atoms with Gasteiger partial charge in [-0.2, -0.15) is 0 Å². The standard InChI is InChI=1S/C18H21N5O4/c1-11-4-3-6-23-15(11)21-16-13(18(23)26)10-12(14(19)22(16)7-8-24)17(25)20-5-9-27-2/h3-4,6,10,19,24H,5,7-9H2,1-2H3,(H,20,25). The highest BCUT2D eigenvalue weighted by Crippen LogP contribution is 2.12. The van der Waals surface area contributed by atoms with Crippen molar-refractivity contribution in [1.82, 2.24) is 19.3 Å². The highest BCUT2D eigenvalue weighted by Gasteiger charge is 2.17. The fraction of sp³-hybridized carbons (Fsp3) is 0.333. The molecular formula is C18H21N5O4. The van der Waals surface area contributed by atoms with Crippen molar-refractivity contribution in [3.8, 4) is 0 Å². The van der Waals surface area contributed by atoms with E-state index in [1.54, 1.807) is 12.3 Å². The van der Waals surface area contributed by atoms with Crippen LogP contribution in [0.3, 0.4) is 0 Å². The Morgan fingerprint density at radius 1 is 1.41 bits per heavy atom. The predicted molar refractivity (Wildman–Crippen MR) is 98.8 cm³/mol. The number of rotatable bonds is 6. The molecular weight excluding hydrogens is 350 g/mol. The van der Waals surface area contributed by atoms with Gasteiger partial charge in [0.1, 0.15) is 16.8 Å². The number of carbonyl (C=O) groups excluding carboxylic acids is 1. The zero-order valence-electron chi connectivity index (χ0n) is 15.2. The number of methoxy groups -OCH3 is 1. The van der Waals surface area contributed by atoms with Crippen LogP contribution in [0.1, 0.15) is 15.9 Å². The Labute approximate surface area is 154 Å². The molecule has 3 aromatic rings. The number of hydrogen-bond acceptors (Lipinski definition) is 6. The molecule has 9 nitrogen and oxygen atoms in total. The minimum atomic E-state index is -0.487. The second kappa shape index (κ2) is 7.68. The summed E-state index contributed by atoms with van der Waals surface area (Å²) in [4.78, 5) is 30.0. The summed E-state index contributed by atoms with van der Waals surface area (Å²) >= 11 is 0. The Morgan fingerprint density at radius 3 is 2.89 bits per heavy atom. The molecule has 0 fully saturated rings. The quantitative estimate of drug-likeness (QED) is 0.409. The van der Waals surface area contributed by atoms with Crippen molar-refractivity contribution in [3.05, 3.63) is 51.4 Å². The molecule has 0 aliphatic carbocycles. The van der Waals surface area contributed by atoms with Crippen molar-refractivity contribution in [3.63, 3.8) is 0 Å². The van der Waals surface area contributed by atoms with E-state index in [4.69, 9.17) is 10.1 Å². The largest absolute Gasteiger partial charge is 0.395 e. The first kappa shape index (κ1) is 18.7. The van der Waals surface area contributed by atoms with Gasteiger partial charge in [0.05, 0.1) is 24.2 Å². The van der Waals surface area contributed by atoms with Gasteiger partial charge in [-0.1, -0.05) is 6.07 Å². The van der Waals surface area contributed by atoms with Crippen molar-refractivity contribution < 1.29 is 14.6 Å². The maximum atomic E-state index is 13.0. The van der Waals surface area contributed by atoms with Crippen LogP contribution in [0.25, 0.3) is 16.7 Å². The smallest absolute Gasteiger partial charge is 0.267 e. The third-order valence-electron chi connectivity index (χ3n) is 4.29. The maximum Gasteiger partial charge on any atom is 0.267 e. The van der Waals surface area contributed by atoms with Gasteiger partial charge in [0, 0.05) is 26.4 Å². The zero-order chi connectivity index (χ0) is 19.6. The van der Waals surface area contributed by atoms with Crippen LogP contribution in [0.2, 0.25) is 0 Å². The number of aromatic nitrogens is 3. The van der Waals surface area contributed by atoms with Crippen molar-refractivity contribution in [2.75, 3.05) is 26.9 Å². The van der Waals surface area contributed by atoms with Crippen molar-refractivity contribution >= 4 is 22.6 Å². The zero-order valence-corrected chi connectivity index (χ0v) is 15.2. The summed E-state index contributed by atoms with van der Waals surface area (Å²) < 4.78 is 7.70. The third kappa shape index (κ3) is 3.34. The Hall–Kier alpha value is -3.04. The van der Waals surface area contributed by atoms with Gasteiger partial charge in [0.15, 0.2) is 0 Å². The summed E-state index contributed by atoms with van der Waals surface area (Å²) in [6.45, 7) is 2.24. The molecule has 27 heavy (non-hydrogen) atoms. The number of ether oxygens (including phenoxy) is 1. The molecule has 0 aliphatic heterocycles. The molecule has 3 N–H and O–H groups in total. The summed E-state index contributed by atoms with van der Waals surface area (Å²) in [7, 11) is 1.52. The number of aryl methyl sites for hydroxylation is 1. The van der Waals surface area contributed by atoms with E-state index >= 15 is 0 Å². The summed E-state index contributed by atoms with van der Waals surface area (Å²) in [5.41, 5.74) is 1.13. The summed E-state index contributed by atoms with van der Waals surface area (Å²) in [5.74, 6) is -0.487. The van der Waals surface area contributed by atoms with Crippen molar-refractivity contribution in [2.45, 2.75) is 13.5 Å². The Morgan fingerprint density at radius 2 is 2.19 bits per heavy atom. The average Bonchev–Trinajstić information content (AvgIpc) is 2.65. The predicted octanol–water partition coefficient (Wildman–Crippen LogP) is -0.194. The van der Waals surface area contributed by atoms with Crippen LogP contribution in [0.15, 0.2) is 29.2 Å². The third-order valence-corrected chi connectivity index (χ3v) is 4.29. The molecule has 3 heterocycles. The normalized spacial score (nSPS) is 11.2. The van der Waals surface area contributed by atoms with Gasteiger partial charge >= 0.3 is 0 Å². The molecule has 0 aliphatic rings. The van der Waals surface area contributed by atoms with Crippen LogP contribution in [-0.2, 0) is 11.3 Å². The van der Waals surface area contributed by atoms with Crippen LogP contribution in [0.5, 0.6) is 0 Å². The number of aliphatic hydroxyl groups is 1. The molecule has 0 aromatic carbocycles. The molecule has 1 amide bonds. The summed E-state index contributed by atoms with van der Waals surface area (Å²) in [6.07, 6.45) is 1.61. The van der Waals surface area contributed by atoms with E-state index in [9.17, 15) is 14.7 Å². The van der Waals surface area contributed by atoms with E-state index < -0.39 is 5.91 Å². The molecule has 3 aromatic heterocycles. The molecule has 0 saturated heterocycles. The minimum Gasteiger partial charge on any atom is -0.395 e. The molecule has 0 radical (unpaired) electrons. The molecule has 0 saturated carbocycles. The summed E-state index contributed by atoms with van der Waals surface area (Å²) in [5, 5.41) is 20.7. The van der Waals surface area contributed by atoms with Crippen LogP contribution < -0.4 is 16.4 Å². The lowest BCUT2D eigenvalue weighted by molar-refractivity contribution is 0.0934. The molecule has 142 valence electrons. The van der Waals surface area contributed by atoms with Gasteiger partial charge in [-0.05, 0) is 24.6 Å². The van der Waals surface area contributed by atoms with E-state index in [1.165, 1.54) is 22.1 Å². The van der Waals surface area contributed by atoms with E-state index in [0.717, 1.165) is 5.56 Å². The number of pyridine rings is 2. The number of carbonyl (C=O) groups is 1. The number of amides is 1. The number of nitrogens with one attached hydrogen (secondary N) is 2. The van der Waals surface area contributed by atoms with Gasteiger partial charge in [-0.25, -0.2) is 4.98 Å².